The molecule has 2 heterocycles. The van der Waals surface area contributed by atoms with Gasteiger partial charge in [-0.2, -0.15) is 5.10 Å². The summed E-state index contributed by atoms with van der Waals surface area (Å²) >= 11 is 0. The largest absolute Gasteiger partial charge is 0.507 e. The number of hydrogen-bond acceptors (Lipinski definition) is 5. The Kier molecular flexibility index (Phi) is 3.87. The maximum Gasteiger partial charge on any atom is 0.270 e. The van der Waals surface area contributed by atoms with E-state index in [-0.39, 0.29) is 17.3 Å². The first kappa shape index (κ1) is 17.4. The minimum Gasteiger partial charge on any atom is -0.507 e. The van der Waals surface area contributed by atoms with Gasteiger partial charge in [0, 0.05) is 41.9 Å². The number of benzene rings is 2. The van der Waals surface area contributed by atoms with E-state index in [1.165, 1.54) is 12.1 Å². The molecule has 2 N–H and O–H groups in total. The number of amides is 1. The molecule has 0 fully saturated rings. The number of aromatic nitrogens is 2. The van der Waals surface area contributed by atoms with E-state index in [4.69, 9.17) is 5.10 Å². The highest BCUT2D eigenvalue weighted by Gasteiger charge is 2.30. The molecule has 29 heavy (non-hydrogen) atoms. The molecule has 2 aliphatic rings. The van der Waals surface area contributed by atoms with Crippen LogP contribution in [0.3, 0.4) is 0 Å². The number of phenols is 1. The Morgan fingerprint density at radius 1 is 1.17 bits per heavy atom. The quantitative estimate of drug-likeness (QED) is 0.516. The average Bonchev–Trinajstić information content (AvgIpc) is 2.99. The molecule has 2 aromatic carbocycles. The SMILES string of the molecule is O=C1NCCCn2nc3c(c21)CCc1cc(O)c(-c2cccc([N+](=O)[O-])c2)cc1-3. The summed E-state index contributed by atoms with van der Waals surface area (Å²) in [5.74, 6) is -0.0244. The minimum absolute atomic E-state index is 0.0364. The van der Waals surface area contributed by atoms with Crippen molar-refractivity contribution in [2.45, 2.75) is 25.8 Å². The summed E-state index contributed by atoms with van der Waals surface area (Å²) in [5.41, 5.74) is 5.14. The van der Waals surface area contributed by atoms with Gasteiger partial charge in [-0.15, -0.1) is 0 Å². The average molecular weight is 390 g/mol. The molecule has 1 amide bonds. The van der Waals surface area contributed by atoms with Crippen molar-refractivity contribution in [3.63, 3.8) is 0 Å². The molecular weight excluding hydrogens is 372 g/mol. The van der Waals surface area contributed by atoms with Gasteiger partial charge in [-0.3, -0.25) is 19.6 Å². The first-order valence-corrected chi connectivity index (χ1v) is 9.52. The van der Waals surface area contributed by atoms with Crippen LogP contribution in [0.25, 0.3) is 22.4 Å². The molecular formula is C21H18N4O4. The van der Waals surface area contributed by atoms with Crippen LogP contribution < -0.4 is 5.32 Å². The second-order valence-corrected chi connectivity index (χ2v) is 7.34. The van der Waals surface area contributed by atoms with Gasteiger partial charge in [0.25, 0.3) is 11.6 Å². The van der Waals surface area contributed by atoms with Crippen LogP contribution in [0.1, 0.15) is 28.0 Å². The van der Waals surface area contributed by atoms with Gasteiger partial charge < -0.3 is 10.4 Å². The summed E-state index contributed by atoms with van der Waals surface area (Å²) in [7, 11) is 0. The third-order valence-corrected chi connectivity index (χ3v) is 5.59. The second-order valence-electron chi connectivity index (χ2n) is 7.34. The Hall–Kier alpha value is -3.68. The molecule has 5 rings (SSSR count). The number of phenolic OH excluding ortho intramolecular Hbond substituents is 1. The van der Waals surface area contributed by atoms with E-state index in [2.05, 4.69) is 5.32 Å². The molecule has 8 nitrogen and oxygen atoms in total. The Labute approximate surface area is 165 Å². The van der Waals surface area contributed by atoms with Crippen LogP contribution in [0, 0.1) is 10.1 Å². The van der Waals surface area contributed by atoms with E-state index in [1.54, 1.807) is 22.9 Å². The van der Waals surface area contributed by atoms with Crippen molar-refractivity contribution in [2.24, 2.45) is 0 Å². The molecule has 0 atom stereocenters. The first-order chi connectivity index (χ1) is 14.0. The van der Waals surface area contributed by atoms with Crippen molar-refractivity contribution in [3.8, 4) is 28.1 Å². The zero-order valence-electron chi connectivity index (χ0n) is 15.5. The number of nitro groups is 1. The molecule has 8 heteroatoms. The van der Waals surface area contributed by atoms with E-state index < -0.39 is 4.92 Å². The lowest BCUT2D eigenvalue weighted by molar-refractivity contribution is -0.384. The highest BCUT2D eigenvalue weighted by atomic mass is 16.6. The number of hydrogen-bond donors (Lipinski definition) is 2. The lowest BCUT2D eigenvalue weighted by Gasteiger charge is -2.18. The van der Waals surface area contributed by atoms with E-state index in [0.717, 1.165) is 28.8 Å². The number of fused-ring (bicyclic) bond motifs is 5. The number of aryl methyl sites for hydroxylation is 2. The van der Waals surface area contributed by atoms with Gasteiger partial charge >= 0.3 is 0 Å². The van der Waals surface area contributed by atoms with Gasteiger partial charge in [-0.1, -0.05) is 12.1 Å². The fraction of sp³-hybridized carbons (Fsp3) is 0.238. The Bertz CT molecular complexity index is 1180. The molecule has 3 aromatic rings. The summed E-state index contributed by atoms with van der Waals surface area (Å²) in [6, 6.07) is 9.72. The second kappa shape index (κ2) is 6.44. The monoisotopic (exact) mass is 390 g/mol. The van der Waals surface area contributed by atoms with Gasteiger partial charge in [0.1, 0.15) is 11.4 Å². The third kappa shape index (κ3) is 2.75. The van der Waals surface area contributed by atoms with Crippen LogP contribution >= 0.6 is 0 Å². The van der Waals surface area contributed by atoms with E-state index in [9.17, 15) is 20.0 Å². The van der Waals surface area contributed by atoms with E-state index in [1.807, 2.05) is 6.07 Å². The molecule has 0 spiro atoms. The lowest BCUT2D eigenvalue weighted by atomic mass is 9.86. The molecule has 0 bridgehead atoms. The Morgan fingerprint density at radius 3 is 2.86 bits per heavy atom. The smallest absolute Gasteiger partial charge is 0.270 e. The molecule has 0 saturated carbocycles. The standard InChI is InChI=1S/C21H18N4O4/c26-18-10-13-5-6-15-19(23-24-8-2-7-22-21(27)20(15)24)17(13)11-16(18)12-3-1-4-14(9-12)25(28)29/h1,3-4,9-11,26H,2,5-8H2,(H,22,27). The topological polar surface area (TPSA) is 110 Å². The van der Waals surface area contributed by atoms with Crippen molar-refractivity contribution in [3.05, 3.63) is 63.3 Å². The summed E-state index contributed by atoms with van der Waals surface area (Å²) < 4.78 is 1.78. The predicted molar refractivity (Wildman–Crippen MR) is 106 cm³/mol. The molecule has 1 aliphatic carbocycles. The normalized spacial score (nSPS) is 15.0. The molecule has 0 saturated heterocycles. The molecule has 1 aliphatic heterocycles. The molecule has 0 radical (unpaired) electrons. The van der Waals surface area contributed by atoms with Crippen LogP contribution in [0.5, 0.6) is 5.75 Å². The first-order valence-electron chi connectivity index (χ1n) is 9.52. The van der Waals surface area contributed by atoms with Gasteiger partial charge in [-0.25, -0.2) is 0 Å². The highest BCUT2D eigenvalue weighted by molar-refractivity contribution is 5.97. The fourth-order valence-corrected chi connectivity index (χ4v) is 4.22. The fourth-order valence-electron chi connectivity index (χ4n) is 4.22. The number of nitrogens with one attached hydrogen (secondary N) is 1. The minimum atomic E-state index is -0.456. The van der Waals surface area contributed by atoms with Gasteiger partial charge in [-0.05, 0) is 42.5 Å². The summed E-state index contributed by atoms with van der Waals surface area (Å²) in [5, 5.41) is 29.3. The molecule has 0 unspecified atom stereocenters. The predicted octanol–water partition coefficient (Wildman–Crippen LogP) is 3.06. The van der Waals surface area contributed by atoms with Crippen molar-refractivity contribution in [1.82, 2.24) is 15.1 Å². The Balaban J connectivity index is 1.68. The number of carbonyl (C=O) groups excluding carboxylic acids is 1. The summed E-state index contributed by atoms with van der Waals surface area (Å²) in [6.45, 7) is 1.31. The number of aromatic hydroxyl groups is 1. The van der Waals surface area contributed by atoms with Crippen molar-refractivity contribution < 1.29 is 14.8 Å². The van der Waals surface area contributed by atoms with E-state index in [0.29, 0.717) is 42.8 Å². The number of nitro benzene ring substituents is 1. The highest BCUT2D eigenvalue weighted by Crippen LogP contribution is 2.41. The summed E-state index contributed by atoms with van der Waals surface area (Å²) in [6.07, 6.45) is 2.19. The molecule has 146 valence electrons. The van der Waals surface area contributed by atoms with Crippen molar-refractivity contribution in [2.75, 3.05) is 6.54 Å². The number of carbonyl (C=O) groups is 1. The third-order valence-electron chi connectivity index (χ3n) is 5.59. The van der Waals surface area contributed by atoms with Crippen LogP contribution in [-0.4, -0.2) is 32.3 Å². The summed E-state index contributed by atoms with van der Waals surface area (Å²) in [4.78, 5) is 23.2. The van der Waals surface area contributed by atoms with Crippen molar-refractivity contribution in [1.29, 1.82) is 0 Å². The zero-order chi connectivity index (χ0) is 20.1. The van der Waals surface area contributed by atoms with Crippen LogP contribution in [0.4, 0.5) is 5.69 Å². The maximum absolute atomic E-state index is 12.5. The van der Waals surface area contributed by atoms with Crippen LogP contribution in [0.15, 0.2) is 36.4 Å². The van der Waals surface area contributed by atoms with Crippen LogP contribution in [0.2, 0.25) is 0 Å². The van der Waals surface area contributed by atoms with Crippen molar-refractivity contribution >= 4 is 11.6 Å². The maximum atomic E-state index is 12.5. The van der Waals surface area contributed by atoms with Gasteiger partial charge in [0.2, 0.25) is 0 Å². The van der Waals surface area contributed by atoms with Crippen LogP contribution in [-0.2, 0) is 19.4 Å². The molecule has 1 aromatic heterocycles. The van der Waals surface area contributed by atoms with Gasteiger partial charge in [0.05, 0.1) is 10.6 Å². The van der Waals surface area contributed by atoms with Gasteiger partial charge in [0.15, 0.2) is 0 Å². The number of non-ortho nitro benzene ring substituents is 1. The zero-order valence-corrected chi connectivity index (χ0v) is 15.5. The van der Waals surface area contributed by atoms with E-state index >= 15 is 0 Å². The number of nitrogens with zero attached hydrogens (tertiary/aromatic N) is 3. The Morgan fingerprint density at radius 2 is 2.03 bits per heavy atom. The lowest BCUT2D eigenvalue weighted by Crippen LogP contribution is -2.24. The number of rotatable bonds is 2.